The van der Waals surface area contributed by atoms with Crippen LogP contribution in [0.1, 0.15) is 43.0 Å². The first-order valence-electron chi connectivity index (χ1n) is 6.01. The van der Waals surface area contributed by atoms with E-state index in [1.54, 1.807) is 0 Å². The van der Waals surface area contributed by atoms with Crippen molar-refractivity contribution < 1.29 is 9.90 Å². The molecule has 1 heterocycles. The summed E-state index contributed by atoms with van der Waals surface area (Å²) in [4.78, 5) is 12.2. The highest BCUT2D eigenvalue weighted by Gasteiger charge is 2.26. The van der Waals surface area contributed by atoms with Crippen LogP contribution in [0.15, 0.2) is 14.3 Å². The van der Waals surface area contributed by atoms with Gasteiger partial charge in [0.15, 0.2) is 0 Å². The molecule has 1 atom stereocenters. The quantitative estimate of drug-likeness (QED) is 0.796. The topological polar surface area (TPSA) is 49.3 Å². The zero-order valence-corrected chi connectivity index (χ0v) is 13.8. The average Bonchev–Trinajstić information content (AvgIpc) is 2.67. The van der Waals surface area contributed by atoms with Gasteiger partial charge in [-0.05, 0) is 50.8 Å². The first kappa shape index (κ1) is 14.5. The number of aliphatic carboxylic acids is 1. The first-order chi connectivity index (χ1) is 8.58. The number of hydrogen-bond acceptors (Lipinski definition) is 3. The molecule has 1 aliphatic carbocycles. The molecule has 1 unspecified atom stereocenters. The van der Waals surface area contributed by atoms with Crippen molar-refractivity contribution in [1.29, 1.82) is 0 Å². The lowest BCUT2D eigenvalue weighted by Crippen LogP contribution is -2.37. The third kappa shape index (κ3) is 3.56. The summed E-state index contributed by atoms with van der Waals surface area (Å²) in [7, 11) is 0. The Labute approximate surface area is 127 Å². The van der Waals surface area contributed by atoms with Gasteiger partial charge in [-0.3, -0.25) is 10.1 Å². The van der Waals surface area contributed by atoms with E-state index in [2.05, 4.69) is 37.2 Å². The molecule has 0 radical (unpaired) electrons. The van der Waals surface area contributed by atoms with Gasteiger partial charge in [0.2, 0.25) is 0 Å². The fraction of sp³-hybridized carbons (Fsp3) is 0.583. The highest BCUT2D eigenvalue weighted by atomic mass is 79.9. The molecule has 0 spiro atoms. The second-order valence-corrected chi connectivity index (χ2v) is 7.80. The van der Waals surface area contributed by atoms with E-state index in [-0.39, 0.29) is 0 Å². The summed E-state index contributed by atoms with van der Waals surface area (Å²) in [6.07, 6.45) is 5.82. The number of halogens is 2. The maximum absolute atomic E-state index is 11.4. The Bertz CT molecular complexity index is 410. The molecule has 0 amide bonds. The molecule has 1 aromatic heterocycles. The Hall–Kier alpha value is 0.0900. The van der Waals surface area contributed by atoms with Gasteiger partial charge in [-0.25, -0.2) is 0 Å². The molecule has 6 heteroatoms. The van der Waals surface area contributed by atoms with Crippen LogP contribution in [0.2, 0.25) is 0 Å². The van der Waals surface area contributed by atoms with Crippen LogP contribution in [0.3, 0.4) is 0 Å². The number of carboxylic acids is 1. The van der Waals surface area contributed by atoms with Crippen LogP contribution < -0.4 is 5.32 Å². The van der Waals surface area contributed by atoms with Crippen LogP contribution in [-0.2, 0) is 4.79 Å². The van der Waals surface area contributed by atoms with Gasteiger partial charge in [0.05, 0.1) is 3.79 Å². The van der Waals surface area contributed by atoms with Crippen LogP contribution in [0.5, 0.6) is 0 Å². The minimum absolute atomic E-state index is 0.333. The summed E-state index contributed by atoms with van der Waals surface area (Å²) in [5, 5.41) is 12.7. The molecule has 2 rings (SSSR count). The van der Waals surface area contributed by atoms with Crippen molar-refractivity contribution in [3.63, 3.8) is 0 Å². The maximum Gasteiger partial charge on any atom is 0.326 e. The molecule has 18 heavy (non-hydrogen) atoms. The lowest BCUT2D eigenvalue weighted by atomic mass is 9.95. The van der Waals surface area contributed by atoms with Gasteiger partial charge in [-0.15, -0.1) is 11.3 Å². The molecule has 1 aliphatic rings. The number of carboxylic acid groups (broad SMARTS) is 1. The Morgan fingerprint density at radius 1 is 1.39 bits per heavy atom. The summed E-state index contributed by atoms with van der Waals surface area (Å²) in [6, 6.07) is 1.61. The first-order valence-corrected chi connectivity index (χ1v) is 8.41. The number of thiophene rings is 1. The van der Waals surface area contributed by atoms with E-state index in [1.807, 2.05) is 6.07 Å². The number of rotatable bonds is 4. The molecule has 0 saturated heterocycles. The van der Waals surface area contributed by atoms with E-state index in [4.69, 9.17) is 0 Å². The van der Waals surface area contributed by atoms with E-state index in [1.165, 1.54) is 30.6 Å². The van der Waals surface area contributed by atoms with Crippen molar-refractivity contribution in [3.8, 4) is 0 Å². The Kier molecular flexibility index (Phi) is 5.24. The lowest BCUT2D eigenvalue weighted by Gasteiger charge is -2.26. The van der Waals surface area contributed by atoms with Crippen LogP contribution in [0, 0.1) is 0 Å². The minimum atomic E-state index is -0.804. The zero-order chi connectivity index (χ0) is 13.1. The largest absolute Gasteiger partial charge is 0.480 e. The fourth-order valence-electron chi connectivity index (χ4n) is 2.29. The van der Waals surface area contributed by atoms with E-state index in [9.17, 15) is 9.90 Å². The van der Waals surface area contributed by atoms with Crippen molar-refractivity contribution >= 4 is 49.2 Å². The van der Waals surface area contributed by atoms with Gasteiger partial charge < -0.3 is 5.11 Å². The molecule has 1 fully saturated rings. The molecular weight excluding hydrogens is 382 g/mol. The maximum atomic E-state index is 11.4. The SMILES string of the molecule is O=C(O)C(NC1CCCCC1)c1cc(Br)c(Br)s1. The van der Waals surface area contributed by atoms with Gasteiger partial charge in [0.1, 0.15) is 6.04 Å². The molecule has 2 N–H and O–H groups in total. The van der Waals surface area contributed by atoms with E-state index in [0.717, 1.165) is 26.0 Å². The van der Waals surface area contributed by atoms with E-state index in [0.29, 0.717) is 6.04 Å². The van der Waals surface area contributed by atoms with E-state index >= 15 is 0 Å². The second kappa shape index (κ2) is 6.50. The number of hydrogen-bond donors (Lipinski definition) is 2. The molecule has 100 valence electrons. The predicted octanol–water partition coefficient (Wildman–Crippen LogP) is 4.32. The normalized spacial score (nSPS) is 18.8. The second-order valence-electron chi connectivity index (χ2n) is 4.54. The van der Waals surface area contributed by atoms with Crippen molar-refractivity contribution in [2.75, 3.05) is 0 Å². The van der Waals surface area contributed by atoms with E-state index < -0.39 is 12.0 Å². The third-order valence-electron chi connectivity index (χ3n) is 3.20. The summed E-state index contributed by atoms with van der Waals surface area (Å²) in [5.41, 5.74) is 0. The summed E-state index contributed by atoms with van der Waals surface area (Å²) in [5.74, 6) is -0.804. The van der Waals surface area contributed by atoms with Crippen molar-refractivity contribution in [2.45, 2.75) is 44.2 Å². The lowest BCUT2D eigenvalue weighted by molar-refractivity contribution is -0.139. The molecule has 1 saturated carbocycles. The highest BCUT2D eigenvalue weighted by Crippen LogP contribution is 2.36. The Morgan fingerprint density at radius 2 is 2.06 bits per heavy atom. The molecule has 3 nitrogen and oxygen atoms in total. The minimum Gasteiger partial charge on any atom is -0.480 e. The standard InChI is InChI=1S/C12H15Br2NO2S/c13-8-6-9(18-11(8)14)10(12(16)17)15-7-4-2-1-3-5-7/h6-7,10,15H,1-5H2,(H,16,17). The van der Waals surface area contributed by atoms with Gasteiger partial charge in [0, 0.05) is 15.4 Å². The molecule has 1 aromatic rings. The third-order valence-corrected chi connectivity index (χ3v) is 6.52. The van der Waals surface area contributed by atoms with Crippen LogP contribution >= 0.6 is 43.2 Å². The monoisotopic (exact) mass is 395 g/mol. The van der Waals surface area contributed by atoms with Crippen LogP contribution in [0.25, 0.3) is 0 Å². The number of nitrogens with one attached hydrogen (secondary N) is 1. The van der Waals surface area contributed by atoms with Crippen LogP contribution in [0.4, 0.5) is 0 Å². The zero-order valence-electron chi connectivity index (χ0n) is 9.79. The fourth-order valence-corrected chi connectivity index (χ4v) is 4.43. The van der Waals surface area contributed by atoms with Crippen LogP contribution in [-0.4, -0.2) is 17.1 Å². The van der Waals surface area contributed by atoms with Gasteiger partial charge in [-0.1, -0.05) is 19.3 Å². The Balaban J connectivity index is 2.10. The van der Waals surface area contributed by atoms with Crippen molar-refractivity contribution in [3.05, 3.63) is 19.2 Å². The van der Waals surface area contributed by atoms with Gasteiger partial charge >= 0.3 is 5.97 Å². The summed E-state index contributed by atoms with van der Waals surface area (Å²) in [6.45, 7) is 0. The predicted molar refractivity (Wildman–Crippen MR) is 80.1 cm³/mol. The number of carbonyl (C=O) groups is 1. The summed E-state index contributed by atoms with van der Waals surface area (Å²) < 4.78 is 1.85. The Morgan fingerprint density at radius 3 is 2.56 bits per heavy atom. The molecule has 0 aliphatic heterocycles. The van der Waals surface area contributed by atoms with Crippen molar-refractivity contribution in [1.82, 2.24) is 5.32 Å². The smallest absolute Gasteiger partial charge is 0.326 e. The molecule has 0 bridgehead atoms. The molecule has 0 aromatic carbocycles. The average molecular weight is 397 g/mol. The summed E-state index contributed by atoms with van der Waals surface area (Å²) >= 11 is 8.28. The van der Waals surface area contributed by atoms with Crippen molar-refractivity contribution in [2.24, 2.45) is 0 Å². The highest BCUT2D eigenvalue weighted by molar-refractivity contribution is 9.13. The molecular formula is C12H15Br2NO2S. The van der Waals surface area contributed by atoms with Gasteiger partial charge in [-0.2, -0.15) is 0 Å². The van der Waals surface area contributed by atoms with Gasteiger partial charge in [0.25, 0.3) is 0 Å².